The maximum Gasteiger partial charge on any atom is 0.407 e. The minimum atomic E-state index is -0.341. The van der Waals surface area contributed by atoms with Gasteiger partial charge in [0.25, 0.3) is 0 Å². The number of aromatic amines is 1. The van der Waals surface area contributed by atoms with Crippen LogP contribution in [0.2, 0.25) is 0 Å². The first-order valence-corrected chi connectivity index (χ1v) is 11.9. The molecule has 2 aliphatic rings. The van der Waals surface area contributed by atoms with Crippen LogP contribution < -0.4 is 16.0 Å². The zero-order valence-electron chi connectivity index (χ0n) is 19.2. The van der Waals surface area contributed by atoms with Crippen LogP contribution in [0.3, 0.4) is 0 Å². The van der Waals surface area contributed by atoms with E-state index in [-0.39, 0.29) is 24.2 Å². The number of nitrogens with zero attached hydrogens (tertiary/aromatic N) is 4. The smallest absolute Gasteiger partial charge is 0.407 e. The maximum absolute atomic E-state index is 11.9. The molecule has 0 spiro atoms. The molecule has 0 bridgehead atoms. The van der Waals surface area contributed by atoms with Crippen LogP contribution >= 0.6 is 0 Å². The third kappa shape index (κ3) is 4.95. The van der Waals surface area contributed by atoms with Crippen molar-refractivity contribution >= 4 is 23.2 Å². The monoisotopic (exact) mass is 452 g/mol. The topological polar surface area (TPSA) is 121 Å². The number of rotatable bonds is 6. The largest absolute Gasteiger partial charge is 0.446 e. The van der Waals surface area contributed by atoms with Gasteiger partial charge in [-0.25, -0.2) is 14.3 Å². The Hall–Kier alpha value is -3.14. The van der Waals surface area contributed by atoms with Crippen molar-refractivity contribution in [3.8, 4) is 0 Å². The van der Waals surface area contributed by atoms with Crippen LogP contribution in [0.15, 0.2) is 24.5 Å². The summed E-state index contributed by atoms with van der Waals surface area (Å²) in [6.07, 6.45) is 8.18. The molecule has 1 aliphatic carbocycles. The van der Waals surface area contributed by atoms with Gasteiger partial charge in [-0.1, -0.05) is 0 Å². The normalized spacial score (nSPS) is 21.5. The van der Waals surface area contributed by atoms with Crippen molar-refractivity contribution < 1.29 is 9.53 Å². The van der Waals surface area contributed by atoms with Crippen molar-refractivity contribution in [3.05, 3.63) is 35.9 Å². The van der Waals surface area contributed by atoms with Gasteiger partial charge in [-0.05, 0) is 65.1 Å². The van der Waals surface area contributed by atoms with Crippen molar-refractivity contribution in [3.63, 3.8) is 0 Å². The Bertz CT molecular complexity index is 1100. The van der Waals surface area contributed by atoms with E-state index in [1.165, 1.54) is 0 Å². The fraction of sp³-hybridized carbons (Fsp3) is 0.565. The summed E-state index contributed by atoms with van der Waals surface area (Å²) in [4.78, 5) is 16.9. The number of H-pyrrole nitrogens is 1. The Labute approximate surface area is 192 Å². The second kappa shape index (κ2) is 9.38. The van der Waals surface area contributed by atoms with Gasteiger partial charge in [0.05, 0.1) is 18.1 Å². The highest BCUT2D eigenvalue weighted by Crippen LogP contribution is 2.36. The molecule has 1 amide bonds. The van der Waals surface area contributed by atoms with E-state index in [0.29, 0.717) is 5.92 Å². The molecule has 10 heteroatoms. The van der Waals surface area contributed by atoms with Gasteiger partial charge in [-0.2, -0.15) is 10.2 Å². The predicted molar refractivity (Wildman–Crippen MR) is 125 cm³/mol. The highest BCUT2D eigenvalue weighted by Gasteiger charge is 2.30. The molecule has 4 N–H and O–H groups in total. The van der Waals surface area contributed by atoms with Gasteiger partial charge in [0, 0.05) is 29.6 Å². The molecule has 0 aromatic carbocycles. The number of amides is 1. The van der Waals surface area contributed by atoms with Gasteiger partial charge >= 0.3 is 6.09 Å². The Kier molecular flexibility index (Phi) is 6.17. The Morgan fingerprint density at radius 2 is 2.06 bits per heavy atom. The van der Waals surface area contributed by atoms with Crippen LogP contribution in [0.5, 0.6) is 0 Å². The van der Waals surface area contributed by atoms with Crippen LogP contribution in [0.4, 0.5) is 16.4 Å². The number of piperidine rings is 1. The van der Waals surface area contributed by atoms with Gasteiger partial charge in [0.1, 0.15) is 11.6 Å². The number of carbonyl (C=O) groups excluding carboxylic acids is 1. The summed E-state index contributed by atoms with van der Waals surface area (Å²) in [5, 5.41) is 21.7. The van der Waals surface area contributed by atoms with Gasteiger partial charge in [0.15, 0.2) is 11.6 Å². The molecule has 1 saturated heterocycles. The summed E-state index contributed by atoms with van der Waals surface area (Å²) >= 11 is 0. The van der Waals surface area contributed by atoms with Crippen molar-refractivity contribution in [2.45, 2.75) is 69.9 Å². The third-order valence-corrected chi connectivity index (χ3v) is 6.51. The molecule has 33 heavy (non-hydrogen) atoms. The lowest BCUT2D eigenvalue weighted by Crippen LogP contribution is -2.33. The first kappa shape index (κ1) is 21.7. The summed E-state index contributed by atoms with van der Waals surface area (Å²) in [6.45, 7) is 5.87. The van der Waals surface area contributed by atoms with Crippen LogP contribution in [-0.2, 0) is 4.74 Å². The number of aromatic nitrogens is 5. The zero-order chi connectivity index (χ0) is 22.8. The summed E-state index contributed by atoms with van der Waals surface area (Å²) in [5.41, 5.74) is 3.02. The van der Waals surface area contributed by atoms with E-state index < -0.39 is 0 Å². The fourth-order valence-electron chi connectivity index (χ4n) is 4.83. The molecule has 176 valence electrons. The van der Waals surface area contributed by atoms with Crippen molar-refractivity contribution in [1.29, 1.82) is 0 Å². The standard InChI is InChI=1S/C23H32N8O2/c1-14(2)26-23(32)33-17-4-3-16(11-17)18-12-21(30-29-18)28-22-20-7-10-25-31(20)13-19(27-22)15-5-8-24-9-6-15/h7,10,12-17,24H,3-6,8-9,11H2,1-2H3,(H,26,32)(H2,27,28,29,30). The van der Waals surface area contributed by atoms with Gasteiger partial charge in [-0.3, -0.25) is 5.10 Å². The van der Waals surface area contributed by atoms with Crippen molar-refractivity contribution in [1.82, 2.24) is 35.4 Å². The number of fused-ring (bicyclic) bond motifs is 1. The second-order valence-electron chi connectivity index (χ2n) is 9.37. The second-order valence-corrected chi connectivity index (χ2v) is 9.37. The summed E-state index contributed by atoms with van der Waals surface area (Å²) in [7, 11) is 0. The van der Waals surface area contributed by atoms with E-state index in [9.17, 15) is 4.79 Å². The van der Waals surface area contributed by atoms with Crippen LogP contribution in [0.1, 0.15) is 69.2 Å². The molecule has 1 aliphatic heterocycles. The Balaban J connectivity index is 1.27. The first-order chi connectivity index (χ1) is 16.0. The summed E-state index contributed by atoms with van der Waals surface area (Å²) < 4.78 is 7.45. The molecule has 1 saturated carbocycles. The molecule has 2 atom stereocenters. The number of carbonyl (C=O) groups is 1. The SMILES string of the molecule is CC(C)NC(=O)OC1CCC(c2cc(Nc3nc(C4CCNCC4)cn4nccc34)n[nH]2)C1. The number of anilines is 2. The van der Waals surface area contributed by atoms with E-state index in [1.54, 1.807) is 6.20 Å². The van der Waals surface area contributed by atoms with Crippen LogP contribution in [0.25, 0.3) is 5.52 Å². The lowest BCUT2D eigenvalue weighted by Gasteiger charge is -2.22. The lowest BCUT2D eigenvalue weighted by atomic mass is 9.95. The maximum atomic E-state index is 11.9. The minimum Gasteiger partial charge on any atom is -0.446 e. The third-order valence-electron chi connectivity index (χ3n) is 6.51. The molecular formula is C23H32N8O2. The van der Waals surface area contributed by atoms with Crippen molar-refractivity contribution in [2.75, 3.05) is 18.4 Å². The average molecular weight is 453 g/mol. The molecular weight excluding hydrogens is 420 g/mol. The highest BCUT2D eigenvalue weighted by atomic mass is 16.6. The molecule has 5 rings (SSSR count). The van der Waals surface area contributed by atoms with Gasteiger partial charge < -0.3 is 20.7 Å². The molecule has 2 unspecified atom stereocenters. The lowest BCUT2D eigenvalue weighted by molar-refractivity contribution is 0.0981. The number of nitrogens with one attached hydrogen (secondary N) is 4. The minimum absolute atomic E-state index is 0.0665. The number of alkyl carbamates (subject to hydrolysis) is 1. The first-order valence-electron chi connectivity index (χ1n) is 11.9. The predicted octanol–water partition coefficient (Wildman–Crippen LogP) is 3.43. The number of hydrogen-bond acceptors (Lipinski definition) is 7. The van der Waals surface area contributed by atoms with E-state index in [0.717, 1.165) is 73.7 Å². The van der Waals surface area contributed by atoms with Crippen LogP contribution in [0, 0.1) is 0 Å². The molecule has 3 aromatic heterocycles. The van der Waals surface area contributed by atoms with E-state index in [2.05, 4.69) is 31.2 Å². The average Bonchev–Trinajstić information content (AvgIpc) is 3.54. The van der Waals surface area contributed by atoms with Gasteiger partial charge in [-0.15, -0.1) is 0 Å². The van der Waals surface area contributed by atoms with Crippen LogP contribution in [-0.4, -0.2) is 56.1 Å². The number of ether oxygens (including phenoxy) is 1. The van der Waals surface area contributed by atoms with E-state index >= 15 is 0 Å². The van der Waals surface area contributed by atoms with Gasteiger partial charge in [0.2, 0.25) is 0 Å². The van der Waals surface area contributed by atoms with E-state index in [4.69, 9.17) is 9.72 Å². The molecule has 3 aromatic rings. The molecule has 4 heterocycles. The Morgan fingerprint density at radius 3 is 2.88 bits per heavy atom. The highest BCUT2D eigenvalue weighted by molar-refractivity contribution is 5.72. The fourth-order valence-corrected chi connectivity index (χ4v) is 4.83. The summed E-state index contributed by atoms with van der Waals surface area (Å²) in [5.74, 6) is 2.21. The summed E-state index contributed by atoms with van der Waals surface area (Å²) in [6, 6.07) is 4.06. The quantitative estimate of drug-likeness (QED) is 0.452. The van der Waals surface area contributed by atoms with Crippen molar-refractivity contribution in [2.24, 2.45) is 0 Å². The number of hydrogen-bond donors (Lipinski definition) is 4. The molecule has 2 fully saturated rings. The Morgan fingerprint density at radius 1 is 1.21 bits per heavy atom. The van der Waals surface area contributed by atoms with E-state index in [1.807, 2.05) is 36.7 Å². The molecule has 0 radical (unpaired) electrons. The molecule has 10 nitrogen and oxygen atoms in total. The zero-order valence-corrected chi connectivity index (χ0v) is 19.2.